The highest BCUT2D eigenvalue weighted by atomic mass is 32.2. The van der Waals surface area contributed by atoms with E-state index < -0.39 is 4.92 Å². The lowest BCUT2D eigenvalue weighted by molar-refractivity contribution is -0.384. The molecular formula is C13H14N4O3S. The number of rotatable bonds is 6. The normalized spacial score (nSPS) is 10.2. The quantitative estimate of drug-likeness (QED) is 0.379. The van der Waals surface area contributed by atoms with Crippen LogP contribution in [0.4, 0.5) is 11.5 Å². The van der Waals surface area contributed by atoms with Gasteiger partial charge in [0.05, 0.1) is 11.0 Å². The SMILES string of the molecule is CCNc1cc(Oc2cccc([N+](=O)[O-])c2)nc(SC)n1. The van der Waals surface area contributed by atoms with E-state index in [4.69, 9.17) is 4.74 Å². The molecule has 0 aliphatic rings. The molecule has 1 N–H and O–H groups in total. The van der Waals surface area contributed by atoms with Gasteiger partial charge in [-0.05, 0) is 19.2 Å². The summed E-state index contributed by atoms with van der Waals surface area (Å²) in [6.45, 7) is 2.68. The lowest BCUT2D eigenvalue weighted by Crippen LogP contribution is -2.02. The Labute approximate surface area is 125 Å². The van der Waals surface area contributed by atoms with Gasteiger partial charge in [0.1, 0.15) is 11.6 Å². The third-order valence-electron chi connectivity index (χ3n) is 2.47. The molecule has 0 radical (unpaired) electrons. The number of non-ortho nitro benzene ring substituents is 1. The first-order chi connectivity index (χ1) is 10.1. The molecule has 0 saturated carbocycles. The third kappa shape index (κ3) is 4.06. The van der Waals surface area contributed by atoms with Crippen molar-refractivity contribution in [2.24, 2.45) is 0 Å². The Bertz CT molecular complexity index is 651. The van der Waals surface area contributed by atoms with Gasteiger partial charge in [-0.3, -0.25) is 10.1 Å². The summed E-state index contributed by atoms with van der Waals surface area (Å²) in [6.07, 6.45) is 1.86. The number of nitro groups is 1. The first-order valence-corrected chi connectivity index (χ1v) is 7.44. The minimum atomic E-state index is -0.468. The van der Waals surface area contributed by atoms with Crippen LogP contribution in [0.15, 0.2) is 35.5 Å². The fourth-order valence-electron chi connectivity index (χ4n) is 1.60. The summed E-state index contributed by atoms with van der Waals surface area (Å²) in [6, 6.07) is 7.62. The van der Waals surface area contributed by atoms with Crippen molar-refractivity contribution < 1.29 is 9.66 Å². The Morgan fingerprint density at radius 1 is 1.38 bits per heavy atom. The van der Waals surface area contributed by atoms with E-state index >= 15 is 0 Å². The van der Waals surface area contributed by atoms with Gasteiger partial charge in [-0.15, -0.1) is 0 Å². The van der Waals surface area contributed by atoms with Crippen LogP contribution in [0, 0.1) is 10.1 Å². The van der Waals surface area contributed by atoms with E-state index in [1.807, 2.05) is 13.2 Å². The van der Waals surface area contributed by atoms with E-state index in [-0.39, 0.29) is 5.69 Å². The first kappa shape index (κ1) is 15.0. The lowest BCUT2D eigenvalue weighted by Gasteiger charge is -2.08. The second-order valence-corrected chi connectivity index (χ2v) is 4.74. The molecule has 1 aromatic heterocycles. The lowest BCUT2D eigenvalue weighted by atomic mass is 10.3. The van der Waals surface area contributed by atoms with Crippen molar-refractivity contribution in [1.82, 2.24) is 9.97 Å². The Balaban J connectivity index is 2.27. The Morgan fingerprint density at radius 2 is 2.19 bits per heavy atom. The number of nitrogens with zero attached hydrogens (tertiary/aromatic N) is 3. The molecule has 0 unspecified atom stereocenters. The largest absolute Gasteiger partial charge is 0.439 e. The van der Waals surface area contributed by atoms with Gasteiger partial charge in [0, 0.05) is 18.7 Å². The van der Waals surface area contributed by atoms with E-state index in [1.54, 1.807) is 18.2 Å². The van der Waals surface area contributed by atoms with Gasteiger partial charge in [-0.2, -0.15) is 4.98 Å². The number of nitrogens with one attached hydrogen (secondary N) is 1. The summed E-state index contributed by atoms with van der Waals surface area (Å²) in [5, 5.41) is 14.4. The zero-order chi connectivity index (χ0) is 15.2. The molecule has 2 aromatic rings. The van der Waals surface area contributed by atoms with Gasteiger partial charge in [-0.25, -0.2) is 4.98 Å². The molecule has 0 bridgehead atoms. The topological polar surface area (TPSA) is 90.2 Å². The Kier molecular flexibility index (Phi) is 4.94. The smallest absolute Gasteiger partial charge is 0.273 e. The maximum Gasteiger partial charge on any atom is 0.273 e. The standard InChI is InChI=1S/C13H14N4O3S/c1-3-14-11-8-12(16-13(15-11)21-2)20-10-6-4-5-9(7-10)17(18)19/h4-8H,3H2,1-2H3,(H,14,15,16). The van der Waals surface area contributed by atoms with E-state index in [1.165, 1.54) is 23.9 Å². The average Bonchev–Trinajstić information content (AvgIpc) is 2.47. The Morgan fingerprint density at radius 3 is 2.86 bits per heavy atom. The van der Waals surface area contributed by atoms with Crippen molar-refractivity contribution in [3.05, 3.63) is 40.4 Å². The summed E-state index contributed by atoms with van der Waals surface area (Å²) in [4.78, 5) is 18.8. The van der Waals surface area contributed by atoms with Crippen LogP contribution in [0.5, 0.6) is 11.6 Å². The zero-order valence-corrected chi connectivity index (χ0v) is 12.4. The highest BCUT2D eigenvalue weighted by Gasteiger charge is 2.09. The number of hydrogen-bond donors (Lipinski definition) is 1. The van der Waals surface area contributed by atoms with E-state index in [0.717, 1.165) is 6.54 Å². The molecule has 8 heteroatoms. The van der Waals surface area contributed by atoms with Crippen LogP contribution in [-0.4, -0.2) is 27.7 Å². The van der Waals surface area contributed by atoms with Gasteiger partial charge in [0.2, 0.25) is 5.88 Å². The van der Waals surface area contributed by atoms with Crippen LogP contribution in [0.25, 0.3) is 0 Å². The Hall–Kier alpha value is -2.35. The highest BCUT2D eigenvalue weighted by Crippen LogP contribution is 2.26. The molecule has 2 rings (SSSR count). The number of hydrogen-bond acceptors (Lipinski definition) is 7. The minimum absolute atomic E-state index is 0.0291. The van der Waals surface area contributed by atoms with E-state index in [2.05, 4.69) is 15.3 Å². The number of aromatic nitrogens is 2. The van der Waals surface area contributed by atoms with Crippen molar-refractivity contribution in [3.8, 4) is 11.6 Å². The average molecular weight is 306 g/mol. The molecule has 0 atom stereocenters. The van der Waals surface area contributed by atoms with Crippen LogP contribution in [0.1, 0.15) is 6.92 Å². The molecule has 7 nitrogen and oxygen atoms in total. The maximum atomic E-state index is 10.8. The maximum absolute atomic E-state index is 10.8. The zero-order valence-electron chi connectivity index (χ0n) is 11.6. The molecule has 0 aliphatic heterocycles. The number of thioether (sulfide) groups is 1. The molecule has 0 saturated heterocycles. The molecule has 21 heavy (non-hydrogen) atoms. The monoisotopic (exact) mass is 306 g/mol. The molecule has 0 fully saturated rings. The number of ether oxygens (including phenoxy) is 1. The number of benzene rings is 1. The summed E-state index contributed by atoms with van der Waals surface area (Å²) < 4.78 is 5.59. The van der Waals surface area contributed by atoms with Crippen LogP contribution in [0.2, 0.25) is 0 Å². The summed E-state index contributed by atoms with van der Waals surface area (Å²) in [5.74, 6) is 1.35. The van der Waals surface area contributed by atoms with Crippen molar-refractivity contribution in [3.63, 3.8) is 0 Å². The first-order valence-electron chi connectivity index (χ1n) is 6.21. The second kappa shape index (κ2) is 6.89. The van der Waals surface area contributed by atoms with Crippen molar-refractivity contribution in [1.29, 1.82) is 0 Å². The predicted molar refractivity (Wildman–Crippen MR) is 81.1 cm³/mol. The number of nitro benzene ring substituents is 1. The van der Waals surface area contributed by atoms with Gasteiger partial charge >= 0.3 is 0 Å². The minimum Gasteiger partial charge on any atom is -0.439 e. The molecule has 110 valence electrons. The third-order valence-corrected chi connectivity index (χ3v) is 3.02. The van der Waals surface area contributed by atoms with Gasteiger partial charge < -0.3 is 10.1 Å². The molecule has 0 spiro atoms. The van der Waals surface area contributed by atoms with Gasteiger partial charge in [-0.1, -0.05) is 17.8 Å². The molecule has 0 amide bonds. The second-order valence-electron chi connectivity index (χ2n) is 3.96. The summed E-state index contributed by atoms with van der Waals surface area (Å²) >= 11 is 1.39. The van der Waals surface area contributed by atoms with E-state index in [9.17, 15) is 10.1 Å². The van der Waals surface area contributed by atoms with Crippen LogP contribution >= 0.6 is 11.8 Å². The van der Waals surface area contributed by atoms with Gasteiger partial charge in [0.25, 0.3) is 5.69 Å². The van der Waals surface area contributed by atoms with E-state index in [0.29, 0.717) is 22.6 Å². The molecular weight excluding hydrogens is 292 g/mol. The van der Waals surface area contributed by atoms with Crippen molar-refractivity contribution in [2.75, 3.05) is 18.1 Å². The predicted octanol–water partition coefficient (Wildman–Crippen LogP) is 3.33. The van der Waals surface area contributed by atoms with Crippen LogP contribution in [0.3, 0.4) is 0 Å². The summed E-state index contributed by atoms with van der Waals surface area (Å²) in [7, 11) is 0. The molecule has 0 aliphatic carbocycles. The molecule has 1 heterocycles. The summed E-state index contributed by atoms with van der Waals surface area (Å²) in [5.41, 5.74) is -0.0291. The highest BCUT2D eigenvalue weighted by molar-refractivity contribution is 7.98. The fraction of sp³-hybridized carbons (Fsp3) is 0.231. The fourth-order valence-corrected chi connectivity index (χ4v) is 1.97. The van der Waals surface area contributed by atoms with Crippen LogP contribution < -0.4 is 10.1 Å². The van der Waals surface area contributed by atoms with Crippen molar-refractivity contribution in [2.45, 2.75) is 12.1 Å². The molecule has 1 aromatic carbocycles. The number of anilines is 1. The van der Waals surface area contributed by atoms with Crippen molar-refractivity contribution >= 4 is 23.3 Å². The van der Waals surface area contributed by atoms with Crippen LogP contribution in [-0.2, 0) is 0 Å². The van der Waals surface area contributed by atoms with Gasteiger partial charge in [0.15, 0.2) is 5.16 Å².